The number of carbonyl (C=O) groups is 1. The number of aryl methyl sites for hydroxylation is 1. The maximum absolute atomic E-state index is 11.9. The molecule has 0 bridgehead atoms. The maximum Gasteiger partial charge on any atom is 0.321 e. The van der Waals surface area contributed by atoms with Crippen molar-refractivity contribution in [1.29, 1.82) is 0 Å². The predicted octanol–water partition coefficient (Wildman–Crippen LogP) is 5.50. The van der Waals surface area contributed by atoms with Gasteiger partial charge in [-0.05, 0) is 41.3 Å². The van der Waals surface area contributed by atoms with Gasteiger partial charge in [-0.2, -0.15) is 0 Å². The van der Waals surface area contributed by atoms with Crippen LogP contribution >= 0.6 is 11.6 Å². The summed E-state index contributed by atoms with van der Waals surface area (Å²) in [5.41, 5.74) is 4.87. The fraction of sp³-hybridized carbons (Fsp3) is 0.222. The number of H-pyrrole nitrogens is 1. The monoisotopic (exact) mass is 478 g/mol. The molecule has 6 nitrogen and oxygen atoms in total. The van der Waals surface area contributed by atoms with E-state index in [1.165, 1.54) is 0 Å². The van der Waals surface area contributed by atoms with Crippen LogP contribution in [0.1, 0.15) is 22.3 Å². The van der Waals surface area contributed by atoms with E-state index >= 15 is 0 Å². The second kappa shape index (κ2) is 10.6. The molecule has 1 unspecified atom stereocenters. The number of benzene rings is 3. The molecule has 0 saturated carbocycles. The van der Waals surface area contributed by atoms with Gasteiger partial charge in [0.25, 0.3) is 0 Å². The summed E-state index contributed by atoms with van der Waals surface area (Å²) in [6.45, 7) is 2.70. The Labute approximate surface area is 203 Å². The highest BCUT2D eigenvalue weighted by Gasteiger charge is 2.20. The number of aliphatic carboxylic acids is 1. The topological polar surface area (TPSA) is 83.6 Å². The number of aromatic nitrogens is 1. The fourth-order valence-corrected chi connectivity index (χ4v) is 4.13. The van der Waals surface area contributed by atoms with Crippen LogP contribution in [0.2, 0.25) is 5.02 Å². The third kappa shape index (κ3) is 5.35. The molecule has 0 aliphatic rings. The second-order valence-corrected chi connectivity index (χ2v) is 8.55. The molecule has 0 amide bonds. The summed E-state index contributed by atoms with van der Waals surface area (Å²) >= 11 is 6.53. The molecule has 1 aromatic heterocycles. The summed E-state index contributed by atoms with van der Waals surface area (Å²) in [6.07, 6.45) is 2.20. The van der Waals surface area contributed by atoms with E-state index < -0.39 is 12.0 Å². The normalized spacial score (nSPS) is 12.0. The van der Waals surface area contributed by atoms with Crippen molar-refractivity contribution < 1.29 is 19.4 Å². The van der Waals surface area contributed by atoms with Gasteiger partial charge in [0, 0.05) is 41.2 Å². The smallest absolute Gasteiger partial charge is 0.321 e. The molecule has 0 spiro atoms. The van der Waals surface area contributed by atoms with Gasteiger partial charge in [0.15, 0.2) is 11.5 Å². The fourth-order valence-electron chi connectivity index (χ4n) is 3.91. The predicted molar refractivity (Wildman–Crippen MR) is 134 cm³/mol. The number of hydrogen-bond donors (Lipinski definition) is 3. The number of para-hydroxylation sites is 1. The van der Waals surface area contributed by atoms with Crippen LogP contribution in [-0.2, 0) is 24.4 Å². The van der Waals surface area contributed by atoms with Gasteiger partial charge in [-0.15, -0.1) is 0 Å². The van der Waals surface area contributed by atoms with Crippen molar-refractivity contribution in [2.24, 2.45) is 0 Å². The zero-order valence-corrected chi connectivity index (χ0v) is 19.9. The SMILES string of the molecule is COc1cc(CNC(Cc2c[nH]c3ccccc23)C(=O)O)c(Cl)cc1OCc1ccccc1C. The molecule has 0 saturated heterocycles. The Morgan fingerprint density at radius 3 is 2.59 bits per heavy atom. The van der Waals surface area contributed by atoms with Crippen molar-refractivity contribution >= 4 is 28.5 Å². The zero-order chi connectivity index (χ0) is 24.1. The Balaban J connectivity index is 1.46. The Bertz CT molecular complexity index is 1300. The number of carboxylic acids is 1. The number of hydrogen-bond acceptors (Lipinski definition) is 4. The number of halogens is 1. The van der Waals surface area contributed by atoms with E-state index in [0.29, 0.717) is 29.5 Å². The number of ether oxygens (including phenoxy) is 2. The van der Waals surface area contributed by atoms with E-state index in [0.717, 1.165) is 33.2 Å². The molecule has 176 valence electrons. The maximum atomic E-state index is 11.9. The van der Waals surface area contributed by atoms with Crippen molar-refractivity contribution in [2.45, 2.75) is 32.5 Å². The summed E-state index contributed by atoms with van der Waals surface area (Å²) in [5, 5.41) is 14.4. The highest BCUT2D eigenvalue weighted by molar-refractivity contribution is 6.31. The quantitative estimate of drug-likeness (QED) is 0.280. The highest BCUT2D eigenvalue weighted by atomic mass is 35.5. The lowest BCUT2D eigenvalue weighted by atomic mass is 10.0. The molecule has 3 N–H and O–H groups in total. The van der Waals surface area contributed by atoms with Gasteiger partial charge in [-0.3, -0.25) is 10.1 Å². The lowest BCUT2D eigenvalue weighted by Gasteiger charge is -2.17. The molecular formula is C27H27ClN2O4. The van der Waals surface area contributed by atoms with Crippen molar-refractivity contribution in [3.8, 4) is 11.5 Å². The van der Waals surface area contributed by atoms with Crippen molar-refractivity contribution in [1.82, 2.24) is 10.3 Å². The van der Waals surface area contributed by atoms with E-state index in [9.17, 15) is 9.90 Å². The molecule has 3 aromatic carbocycles. The summed E-state index contributed by atoms with van der Waals surface area (Å²) < 4.78 is 11.5. The van der Waals surface area contributed by atoms with Crippen molar-refractivity contribution in [3.05, 3.63) is 94.1 Å². The highest BCUT2D eigenvalue weighted by Crippen LogP contribution is 2.34. The average Bonchev–Trinajstić information content (AvgIpc) is 3.24. The Hall–Kier alpha value is -3.48. The molecule has 7 heteroatoms. The number of rotatable bonds is 10. The number of fused-ring (bicyclic) bond motifs is 1. The molecule has 4 aromatic rings. The summed E-state index contributed by atoms with van der Waals surface area (Å²) in [5.74, 6) is 0.151. The molecule has 0 radical (unpaired) electrons. The molecular weight excluding hydrogens is 452 g/mol. The van der Waals surface area contributed by atoms with Crippen molar-refractivity contribution in [2.75, 3.05) is 7.11 Å². The Morgan fingerprint density at radius 1 is 1.06 bits per heavy atom. The summed E-state index contributed by atoms with van der Waals surface area (Å²) in [6, 6.07) is 18.6. The third-order valence-electron chi connectivity index (χ3n) is 5.91. The Kier molecular flexibility index (Phi) is 7.40. The molecule has 0 aliphatic heterocycles. The molecule has 0 aliphatic carbocycles. The van der Waals surface area contributed by atoms with Crippen LogP contribution in [0.5, 0.6) is 11.5 Å². The van der Waals surface area contributed by atoms with Gasteiger partial charge >= 0.3 is 5.97 Å². The molecule has 0 fully saturated rings. The van der Waals surface area contributed by atoms with Gasteiger partial charge in [-0.25, -0.2) is 0 Å². The van der Waals surface area contributed by atoms with Gasteiger partial charge in [-0.1, -0.05) is 54.1 Å². The second-order valence-electron chi connectivity index (χ2n) is 8.14. The van der Waals surface area contributed by atoms with E-state index in [1.54, 1.807) is 19.2 Å². The van der Waals surface area contributed by atoms with Crippen LogP contribution in [0.15, 0.2) is 66.9 Å². The van der Waals surface area contributed by atoms with Gasteiger partial charge in [0.1, 0.15) is 12.6 Å². The summed E-state index contributed by atoms with van der Waals surface area (Å²) in [7, 11) is 1.57. The standard InChI is InChI=1S/C27H27ClN2O4/c1-17-7-3-4-8-18(17)16-34-26-13-22(28)20(12-25(26)33-2)15-30-24(27(31)32)11-19-14-29-23-10-6-5-9-21(19)23/h3-10,12-14,24,29-30H,11,15-16H2,1-2H3,(H,31,32). The van der Waals surface area contributed by atoms with Crippen LogP contribution < -0.4 is 14.8 Å². The minimum atomic E-state index is -0.924. The van der Waals surface area contributed by atoms with Gasteiger partial charge < -0.3 is 19.6 Å². The van der Waals surface area contributed by atoms with Crippen LogP contribution in [0.25, 0.3) is 10.9 Å². The van der Waals surface area contributed by atoms with Gasteiger partial charge in [0.05, 0.1) is 7.11 Å². The number of nitrogens with one attached hydrogen (secondary N) is 2. The first kappa shape index (κ1) is 23.7. The van der Waals surface area contributed by atoms with E-state index in [-0.39, 0.29) is 6.54 Å². The Morgan fingerprint density at radius 2 is 1.82 bits per heavy atom. The van der Waals surface area contributed by atoms with E-state index in [1.807, 2.05) is 61.7 Å². The largest absolute Gasteiger partial charge is 0.493 e. The van der Waals surface area contributed by atoms with Crippen molar-refractivity contribution in [3.63, 3.8) is 0 Å². The first-order valence-corrected chi connectivity index (χ1v) is 11.4. The molecule has 1 heterocycles. The van der Waals surface area contributed by atoms with Gasteiger partial charge in [0.2, 0.25) is 0 Å². The molecule has 4 rings (SSSR count). The number of carboxylic acid groups (broad SMARTS) is 1. The van der Waals surface area contributed by atoms with E-state index in [4.69, 9.17) is 21.1 Å². The minimum Gasteiger partial charge on any atom is -0.493 e. The van der Waals surface area contributed by atoms with Crippen LogP contribution in [-0.4, -0.2) is 29.2 Å². The number of methoxy groups -OCH3 is 1. The lowest BCUT2D eigenvalue weighted by molar-refractivity contribution is -0.139. The average molecular weight is 479 g/mol. The first-order chi connectivity index (χ1) is 16.5. The minimum absolute atomic E-state index is 0.270. The molecule has 1 atom stereocenters. The zero-order valence-electron chi connectivity index (χ0n) is 19.1. The van der Waals surface area contributed by atoms with Crippen LogP contribution in [0.4, 0.5) is 0 Å². The number of aromatic amines is 1. The van der Waals surface area contributed by atoms with Crippen LogP contribution in [0, 0.1) is 6.92 Å². The summed E-state index contributed by atoms with van der Waals surface area (Å²) in [4.78, 5) is 15.1. The van der Waals surface area contributed by atoms with E-state index in [2.05, 4.69) is 10.3 Å². The molecule has 34 heavy (non-hydrogen) atoms. The van der Waals surface area contributed by atoms with Crippen LogP contribution in [0.3, 0.4) is 0 Å². The third-order valence-corrected chi connectivity index (χ3v) is 6.26. The lowest BCUT2D eigenvalue weighted by Crippen LogP contribution is -2.38. The first-order valence-electron chi connectivity index (χ1n) is 11.0.